The summed E-state index contributed by atoms with van der Waals surface area (Å²) in [4.78, 5) is 32.2. The molecule has 0 heterocycles. The fraction of sp³-hybridized carbons (Fsp3) is 0.385. The fourth-order valence-corrected chi connectivity index (χ4v) is 1.65. The summed E-state index contributed by atoms with van der Waals surface area (Å²) in [6, 6.07) is 5.30. The average molecular weight is 296 g/mol. The standard InChI is InChI=1S/C13H16N2O6/c1-13(2,7-12(17)18)14-11(16)8-21-10-5-3-9(4-6-10)15(19)20/h3-6H,7-8H2,1-2H3,(H,14,16)(H,17,18). The van der Waals surface area contributed by atoms with Crippen molar-refractivity contribution in [2.24, 2.45) is 0 Å². The van der Waals surface area contributed by atoms with Crippen molar-refractivity contribution in [3.05, 3.63) is 34.4 Å². The van der Waals surface area contributed by atoms with E-state index in [1.807, 2.05) is 0 Å². The molecule has 114 valence electrons. The van der Waals surface area contributed by atoms with E-state index in [1.165, 1.54) is 24.3 Å². The summed E-state index contributed by atoms with van der Waals surface area (Å²) in [5.74, 6) is -1.18. The Morgan fingerprint density at radius 2 is 1.90 bits per heavy atom. The van der Waals surface area contributed by atoms with Crippen LogP contribution in [0.3, 0.4) is 0 Å². The summed E-state index contributed by atoms with van der Waals surface area (Å²) in [6.07, 6.45) is -0.212. The van der Waals surface area contributed by atoms with Crippen molar-refractivity contribution in [3.8, 4) is 5.75 Å². The number of carboxylic acid groups (broad SMARTS) is 1. The van der Waals surface area contributed by atoms with Crippen LogP contribution in [0.25, 0.3) is 0 Å². The van der Waals surface area contributed by atoms with Crippen molar-refractivity contribution in [1.29, 1.82) is 0 Å². The molecule has 0 atom stereocenters. The van der Waals surface area contributed by atoms with E-state index >= 15 is 0 Å². The maximum absolute atomic E-state index is 11.7. The van der Waals surface area contributed by atoms with E-state index in [4.69, 9.17) is 9.84 Å². The van der Waals surface area contributed by atoms with E-state index in [2.05, 4.69) is 5.32 Å². The van der Waals surface area contributed by atoms with Gasteiger partial charge in [0, 0.05) is 17.7 Å². The van der Waals surface area contributed by atoms with Crippen LogP contribution in [0.2, 0.25) is 0 Å². The third kappa shape index (κ3) is 5.89. The van der Waals surface area contributed by atoms with Gasteiger partial charge >= 0.3 is 5.97 Å². The molecule has 0 saturated carbocycles. The summed E-state index contributed by atoms with van der Waals surface area (Å²) in [6.45, 7) is 2.87. The molecule has 2 N–H and O–H groups in total. The van der Waals surface area contributed by atoms with E-state index < -0.39 is 22.3 Å². The maximum atomic E-state index is 11.7. The smallest absolute Gasteiger partial charge is 0.305 e. The van der Waals surface area contributed by atoms with Crippen LogP contribution in [-0.2, 0) is 9.59 Å². The molecule has 8 heteroatoms. The molecule has 0 saturated heterocycles. The van der Waals surface area contributed by atoms with Gasteiger partial charge in [-0.1, -0.05) is 0 Å². The van der Waals surface area contributed by atoms with Crippen molar-refractivity contribution < 1.29 is 24.4 Å². The number of nitrogens with one attached hydrogen (secondary N) is 1. The third-order valence-corrected chi connectivity index (χ3v) is 2.49. The molecule has 8 nitrogen and oxygen atoms in total. The van der Waals surface area contributed by atoms with Crippen LogP contribution in [0.4, 0.5) is 5.69 Å². The van der Waals surface area contributed by atoms with Crippen LogP contribution >= 0.6 is 0 Å². The predicted molar refractivity (Wildman–Crippen MR) is 73.1 cm³/mol. The number of non-ortho nitro benzene ring substituents is 1. The van der Waals surface area contributed by atoms with Crippen molar-refractivity contribution in [2.75, 3.05) is 6.61 Å². The summed E-state index contributed by atoms with van der Waals surface area (Å²) in [5, 5.41) is 21.7. The second-order valence-electron chi connectivity index (χ2n) is 5.04. The Bertz CT molecular complexity index is 538. The molecule has 21 heavy (non-hydrogen) atoms. The molecule has 1 rings (SSSR count). The minimum Gasteiger partial charge on any atom is -0.484 e. The number of amides is 1. The van der Waals surface area contributed by atoms with Gasteiger partial charge in [-0.25, -0.2) is 0 Å². The molecule has 1 amide bonds. The molecule has 1 aromatic carbocycles. The van der Waals surface area contributed by atoms with Crippen LogP contribution in [0, 0.1) is 10.1 Å². The van der Waals surface area contributed by atoms with Gasteiger partial charge in [-0.05, 0) is 26.0 Å². The molecule has 0 aliphatic rings. The van der Waals surface area contributed by atoms with Crippen LogP contribution in [0.5, 0.6) is 5.75 Å². The molecular formula is C13H16N2O6. The first kappa shape index (κ1) is 16.4. The van der Waals surface area contributed by atoms with Crippen molar-refractivity contribution >= 4 is 17.6 Å². The number of nitro groups is 1. The van der Waals surface area contributed by atoms with Gasteiger partial charge in [0.2, 0.25) is 0 Å². The molecule has 0 fully saturated rings. The summed E-state index contributed by atoms with van der Waals surface area (Å²) in [7, 11) is 0. The number of aliphatic carboxylic acids is 1. The van der Waals surface area contributed by atoms with Gasteiger partial charge in [0.25, 0.3) is 11.6 Å². The number of nitrogens with zero attached hydrogens (tertiary/aromatic N) is 1. The Balaban J connectivity index is 2.49. The van der Waals surface area contributed by atoms with Crippen LogP contribution in [0.15, 0.2) is 24.3 Å². The number of carboxylic acids is 1. The second-order valence-corrected chi connectivity index (χ2v) is 5.04. The minimum absolute atomic E-state index is 0.0746. The van der Waals surface area contributed by atoms with Crippen LogP contribution in [0.1, 0.15) is 20.3 Å². The second kappa shape index (κ2) is 6.69. The average Bonchev–Trinajstić information content (AvgIpc) is 2.34. The Morgan fingerprint density at radius 1 is 1.33 bits per heavy atom. The Morgan fingerprint density at radius 3 is 2.38 bits per heavy atom. The van der Waals surface area contributed by atoms with Crippen molar-refractivity contribution in [1.82, 2.24) is 5.32 Å². The number of carbonyl (C=O) groups excluding carboxylic acids is 1. The van der Waals surface area contributed by atoms with Gasteiger partial charge in [-0.15, -0.1) is 0 Å². The molecule has 0 aliphatic carbocycles. The topological polar surface area (TPSA) is 119 Å². The number of ether oxygens (including phenoxy) is 1. The lowest BCUT2D eigenvalue weighted by Gasteiger charge is -2.24. The predicted octanol–water partition coefficient (Wildman–Crippen LogP) is 1.34. The highest BCUT2D eigenvalue weighted by atomic mass is 16.6. The molecule has 0 bridgehead atoms. The van der Waals surface area contributed by atoms with Crippen LogP contribution in [-0.4, -0.2) is 34.1 Å². The molecule has 0 spiro atoms. The van der Waals surface area contributed by atoms with E-state index in [9.17, 15) is 19.7 Å². The Kier molecular flexibility index (Phi) is 5.23. The fourth-order valence-electron chi connectivity index (χ4n) is 1.65. The highest BCUT2D eigenvalue weighted by molar-refractivity contribution is 5.79. The lowest BCUT2D eigenvalue weighted by Crippen LogP contribution is -2.46. The molecular weight excluding hydrogens is 280 g/mol. The monoisotopic (exact) mass is 296 g/mol. The first-order valence-corrected chi connectivity index (χ1v) is 6.10. The molecule has 0 aliphatic heterocycles. The molecule has 0 radical (unpaired) electrons. The third-order valence-electron chi connectivity index (χ3n) is 2.49. The molecule has 1 aromatic rings. The zero-order valence-corrected chi connectivity index (χ0v) is 11.7. The van der Waals surface area contributed by atoms with Gasteiger partial charge in [0.05, 0.1) is 11.3 Å². The Labute approximate surface area is 120 Å². The zero-order valence-electron chi connectivity index (χ0n) is 11.7. The van der Waals surface area contributed by atoms with E-state index in [1.54, 1.807) is 13.8 Å². The number of hydrogen-bond acceptors (Lipinski definition) is 5. The molecule has 0 aromatic heterocycles. The Hall–Kier alpha value is -2.64. The number of nitro benzene ring substituents is 1. The van der Waals surface area contributed by atoms with Gasteiger partial charge in [0.1, 0.15) is 5.75 Å². The van der Waals surface area contributed by atoms with Gasteiger partial charge in [0.15, 0.2) is 6.61 Å². The normalized spacial score (nSPS) is 10.8. The van der Waals surface area contributed by atoms with Gasteiger partial charge in [-0.3, -0.25) is 19.7 Å². The van der Waals surface area contributed by atoms with Crippen molar-refractivity contribution in [3.63, 3.8) is 0 Å². The maximum Gasteiger partial charge on any atom is 0.305 e. The lowest BCUT2D eigenvalue weighted by atomic mass is 10.0. The zero-order chi connectivity index (χ0) is 16.0. The number of rotatable bonds is 7. The number of carbonyl (C=O) groups is 2. The van der Waals surface area contributed by atoms with Gasteiger partial charge < -0.3 is 15.2 Å². The summed E-state index contributed by atoms with van der Waals surface area (Å²) >= 11 is 0. The first-order chi connectivity index (χ1) is 9.69. The lowest BCUT2D eigenvalue weighted by molar-refractivity contribution is -0.384. The highest BCUT2D eigenvalue weighted by Crippen LogP contribution is 2.17. The highest BCUT2D eigenvalue weighted by Gasteiger charge is 2.23. The van der Waals surface area contributed by atoms with Crippen LogP contribution < -0.4 is 10.1 Å². The first-order valence-electron chi connectivity index (χ1n) is 6.10. The van der Waals surface area contributed by atoms with E-state index in [-0.39, 0.29) is 18.7 Å². The number of benzene rings is 1. The van der Waals surface area contributed by atoms with E-state index in [0.717, 1.165) is 0 Å². The minimum atomic E-state index is -1.02. The molecule has 0 unspecified atom stereocenters. The van der Waals surface area contributed by atoms with E-state index in [0.29, 0.717) is 5.75 Å². The number of hydrogen-bond donors (Lipinski definition) is 2. The van der Waals surface area contributed by atoms with Crippen molar-refractivity contribution in [2.45, 2.75) is 25.8 Å². The largest absolute Gasteiger partial charge is 0.484 e. The summed E-state index contributed by atoms with van der Waals surface area (Å²) in [5.41, 5.74) is -0.962. The summed E-state index contributed by atoms with van der Waals surface area (Å²) < 4.78 is 5.17. The SMILES string of the molecule is CC(C)(CC(=O)O)NC(=O)COc1ccc([N+](=O)[O-])cc1. The quantitative estimate of drug-likeness (QED) is 0.579. The van der Waals surface area contributed by atoms with Gasteiger partial charge in [-0.2, -0.15) is 0 Å².